The Morgan fingerprint density at radius 1 is 1.11 bits per heavy atom. The summed E-state index contributed by atoms with van der Waals surface area (Å²) in [5.74, 6) is -0.157. The van der Waals surface area contributed by atoms with Crippen molar-refractivity contribution in [1.29, 1.82) is 0 Å². The second-order valence-corrected chi connectivity index (χ2v) is 6.14. The zero-order chi connectivity index (χ0) is 19.9. The van der Waals surface area contributed by atoms with E-state index in [1.165, 1.54) is 0 Å². The van der Waals surface area contributed by atoms with Gasteiger partial charge in [0.1, 0.15) is 11.4 Å². The number of carbonyl (C=O) groups is 2. The zero-order valence-electron chi connectivity index (χ0n) is 15.9. The Morgan fingerprint density at radius 3 is 2.61 bits per heavy atom. The van der Waals surface area contributed by atoms with Crippen LogP contribution >= 0.6 is 0 Å². The number of amides is 1. The highest BCUT2D eigenvalue weighted by molar-refractivity contribution is 6.11. The minimum atomic E-state index is -0.523. The molecule has 1 aromatic heterocycles. The number of H-pyrrole nitrogens is 1. The second-order valence-electron chi connectivity index (χ2n) is 6.14. The molecule has 28 heavy (non-hydrogen) atoms. The van der Waals surface area contributed by atoms with E-state index in [0.717, 1.165) is 5.56 Å². The summed E-state index contributed by atoms with van der Waals surface area (Å²) < 4.78 is 10.4. The van der Waals surface area contributed by atoms with Crippen molar-refractivity contribution in [2.45, 2.75) is 13.5 Å². The summed E-state index contributed by atoms with van der Waals surface area (Å²) in [6, 6.07) is 15.1. The van der Waals surface area contributed by atoms with Crippen molar-refractivity contribution in [2.24, 2.45) is 0 Å². The monoisotopic (exact) mass is 381 g/mol. The van der Waals surface area contributed by atoms with E-state index in [1.807, 2.05) is 30.3 Å². The van der Waals surface area contributed by atoms with Gasteiger partial charge in [-0.3, -0.25) is 4.79 Å². The van der Waals surface area contributed by atoms with Gasteiger partial charge in [-0.2, -0.15) is 0 Å². The van der Waals surface area contributed by atoms with Crippen molar-refractivity contribution in [3.63, 3.8) is 0 Å². The molecule has 3 rings (SSSR count). The highest BCUT2D eigenvalue weighted by atomic mass is 16.5. The molecule has 0 saturated heterocycles. The number of hydrogen-bond acceptors (Lipinski definition) is 5. The minimum Gasteiger partial charge on any atom is -0.497 e. The summed E-state index contributed by atoms with van der Waals surface area (Å²) in [4.78, 5) is 27.8. The van der Waals surface area contributed by atoms with Gasteiger partial charge in [-0.25, -0.2) is 4.79 Å². The molecule has 146 valence electrons. The maximum absolute atomic E-state index is 12.5. The number of ether oxygens (including phenoxy) is 2. The molecule has 7 nitrogen and oxygen atoms in total. The van der Waals surface area contributed by atoms with Gasteiger partial charge >= 0.3 is 5.97 Å². The standard InChI is InChI=1S/C21H23N3O4/c1-3-28-21(26)20-19(16-11-15(27-2)9-10-17(16)23-20)24-18(25)13-22-12-14-7-5-4-6-8-14/h4-11,22-23H,3,12-13H2,1-2H3,(H,24,25). The summed E-state index contributed by atoms with van der Waals surface area (Å²) in [6.45, 7) is 2.65. The maximum Gasteiger partial charge on any atom is 0.356 e. The van der Waals surface area contributed by atoms with Crippen molar-refractivity contribution in [1.82, 2.24) is 10.3 Å². The van der Waals surface area contributed by atoms with Gasteiger partial charge in [0.25, 0.3) is 0 Å². The number of rotatable bonds is 8. The fourth-order valence-corrected chi connectivity index (χ4v) is 2.88. The molecular weight excluding hydrogens is 358 g/mol. The normalized spacial score (nSPS) is 10.6. The van der Waals surface area contributed by atoms with Crippen LogP contribution in [0, 0.1) is 0 Å². The summed E-state index contributed by atoms with van der Waals surface area (Å²) in [5, 5.41) is 6.60. The Kier molecular flexibility index (Phi) is 6.29. The Labute approximate surface area is 163 Å². The Hall–Kier alpha value is -3.32. The Bertz CT molecular complexity index is 966. The van der Waals surface area contributed by atoms with E-state index < -0.39 is 5.97 Å². The smallest absolute Gasteiger partial charge is 0.356 e. The molecule has 3 aromatic rings. The number of carbonyl (C=O) groups excluding carboxylic acids is 2. The molecule has 0 aliphatic carbocycles. The lowest BCUT2D eigenvalue weighted by Gasteiger charge is -2.09. The molecule has 1 heterocycles. The quantitative estimate of drug-likeness (QED) is 0.522. The van der Waals surface area contributed by atoms with Crippen LogP contribution in [0.1, 0.15) is 23.0 Å². The molecule has 7 heteroatoms. The van der Waals surface area contributed by atoms with Crippen molar-refractivity contribution in [2.75, 3.05) is 25.6 Å². The molecule has 0 aliphatic heterocycles. The molecular formula is C21H23N3O4. The van der Waals surface area contributed by atoms with Crippen LogP contribution in [-0.4, -0.2) is 37.1 Å². The van der Waals surface area contributed by atoms with Gasteiger partial charge in [-0.1, -0.05) is 30.3 Å². The average Bonchev–Trinajstić information content (AvgIpc) is 3.06. The largest absolute Gasteiger partial charge is 0.497 e. The number of anilines is 1. The molecule has 1 amide bonds. The third-order valence-corrected chi connectivity index (χ3v) is 4.21. The third-order valence-electron chi connectivity index (χ3n) is 4.21. The second kappa shape index (κ2) is 9.05. The molecule has 0 atom stereocenters. The lowest BCUT2D eigenvalue weighted by Crippen LogP contribution is -2.28. The first kappa shape index (κ1) is 19.4. The van der Waals surface area contributed by atoms with Gasteiger partial charge in [-0.15, -0.1) is 0 Å². The van der Waals surface area contributed by atoms with E-state index in [2.05, 4.69) is 15.6 Å². The van der Waals surface area contributed by atoms with Crippen LogP contribution in [0.5, 0.6) is 5.75 Å². The van der Waals surface area contributed by atoms with Gasteiger partial charge in [0, 0.05) is 17.4 Å². The first-order chi connectivity index (χ1) is 13.6. The van der Waals surface area contributed by atoms with Crippen LogP contribution < -0.4 is 15.4 Å². The van der Waals surface area contributed by atoms with E-state index in [4.69, 9.17) is 9.47 Å². The number of hydrogen-bond donors (Lipinski definition) is 3. The molecule has 0 radical (unpaired) electrons. The predicted molar refractivity (Wildman–Crippen MR) is 108 cm³/mol. The van der Waals surface area contributed by atoms with E-state index in [-0.39, 0.29) is 24.8 Å². The molecule has 0 bridgehead atoms. The number of esters is 1. The lowest BCUT2D eigenvalue weighted by molar-refractivity contribution is -0.115. The summed E-state index contributed by atoms with van der Waals surface area (Å²) in [7, 11) is 1.56. The van der Waals surface area contributed by atoms with Gasteiger partial charge in [-0.05, 0) is 30.7 Å². The van der Waals surface area contributed by atoms with Gasteiger partial charge in [0.05, 0.1) is 25.9 Å². The molecule has 0 unspecified atom stereocenters. The van der Waals surface area contributed by atoms with Gasteiger partial charge in [0.15, 0.2) is 0 Å². The van der Waals surface area contributed by atoms with Gasteiger partial charge in [0.2, 0.25) is 5.91 Å². The molecule has 2 aromatic carbocycles. The van der Waals surface area contributed by atoms with Crippen LogP contribution in [0.3, 0.4) is 0 Å². The van der Waals surface area contributed by atoms with Crippen LogP contribution in [0.15, 0.2) is 48.5 Å². The number of nitrogens with one attached hydrogen (secondary N) is 3. The molecule has 0 aliphatic rings. The maximum atomic E-state index is 12.5. The fourth-order valence-electron chi connectivity index (χ4n) is 2.88. The average molecular weight is 381 g/mol. The number of benzene rings is 2. The van der Waals surface area contributed by atoms with Crippen molar-refractivity contribution < 1.29 is 19.1 Å². The Morgan fingerprint density at radius 2 is 1.89 bits per heavy atom. The molecule has 0 saturated carbocycles. The van der Waals surface area contributed by atoms with E-state index in [1.54, 1.807) is 32.2 Å². The minimum absolute atomic E-state index is 0.105. The molecule has 0 spiro atoms. The molecule has 3 N–H and O–H groups in total. The zero-order valence-corrected chi connectivity index (χ0v) is 15.9. The SMILES string of the molecule is CCOC(=O)c1[nH]c2ccc(OC)cc2c1NC(=O)CNCc1ccccc1. The van der Waals surface area contributed by atoms with E-state index in [0.29, 0.717) is 28.9 Å². The first-order valence-corrected chi connectivity index (χ1v) is 9.03. The van der Waals surface area contributed by atoms with Crippen molar-refractivity contribution in [3.05, 3.63) is 59.8 Å². The number of methoxy groups -OCH3 is 1. The lowest BCUT2D eigenvalue weighted by atomic mass is 10.2. The fraction of sp³-hybridized carbons (Fsp3) is 0.238. The molecule has 0 fully saturated rings. The first-order valence-electron chi connectivity index (χ1n) is 9.03. The highest BCUT2D eigenvalue weighted by Crippen LogP contribution is 2.31. The van der Waals surface area contributed by atoms with E-state index >= 15 is 0 Å². The summed E-state index contributed by atoms with van der Waals surface area (Å²) in [5.41, 5.74) is 2.39. The van der Waals surface area contributed by atoms with Crippen LogP contribution in [0.2, 0.25) is 0 Å². The van der Waals surface area contributed by atoms with E-state index in [9.17, 15) is 9.59 Å². The van der Waals surface area contributed by atoms with Crippen molar-refractivity contribution >= 4 is 28.5 Å². The van der Waals surface area contributed by atoms with Crippen LogP contribution in [0.4, 0.5) is 5.69 Å². The van der Waals surface area contributed by atoms with Crippen LogP contribution in [-0.2, 0) is 16.1 Å². The highest BCUT2D eigenvalue weighted by Gasteiger charge is 2.21. The van der Waals surface area contributed by atoms with Crippen LogP contribution in [0.25, 0.3) is 10.9 Å². The number of fused-ring (bicyclic) bond motifs is 1. The summed E-state index contributed by atoms with van der Waals surface area (Å²) in [6.07, 6.45) is 0. The Balaban J connectivity index is 1.78. The van der Waals surface area contributed by atoms with Gasteiger partial charge < -0.3 is 25.1 Å². The topological polar surface area (TPSA) is 92.5 Å². The number of aromatic amines is 1. The number of aromatic nitrogens is 1. The predicted octanol–water partition coefficient (Wildman–Crippen LogP) is 3.08. The van der Waals surface area contributed by atoms with Crippen molar-refractivity contribution in [3.8, 4) is 5.75 Å². The summed E-state index contributed by atoms with van der Waals surface area (Å²) >= 11 is 0. The third kappa shape index (κ3) is 4.50.